The van der Waals surface area contributed by atoms with Gasteiger partial charge in [-0.3, -0.25) is 4.79 Å². The summed E-state index contributed by atoms with van der Waals surface area (Å²) in [5.41, 5.74) is 5.06. The highest BCUT2D eigenvalue weighted by Gasteiger charge is 2.46. The number of carbonyl (C=O) groups excluding carboxylic acids is 1. The van der Waals surface area contributed by atoms with Gasteiger partial charge in [-0.25, -0.2) is 0 Å². The molecule has 0 fully saturated rings. The number of allylic oxidation sites excluding steroid dienone is 2. The molecule has 134 valence electrons. The van der Waals surface area contributed by atoms with Gasteiger partial charge >= 0.3 is 0 Å². The average molecular weight is 348 g/mol. The van der Waals surface area contributed by atoms with Crippen LogP contribution in [0.5, 0.6) is 11.5 Å². The van der Waals surface area contributed by atoms with Crippen molar-refractivity contribution in [3.63, 3.8) is 0 Å². The molecular formula is C23H24O3. The number of unbranched alkanes of at least 4 members (excludes halogenated alkanes) is 1. The maximum atomic E-state index is 12.9. The summed E-state index contributed by atoms with van der Waals surface area (Å²) in [7, 11) is 0. The number of ketones is 1. The highest BCUT2D eigenvalue weighted by atomic mass is 16.3. The number of phenols is 2. The lowest BCUT2D eigenvalue weighted by molar-refractivity contribution is -0.114. The third-order valence-corrected chi connectivity index (χ3v) is 5.94. The zero-order valence-corrected chi connectivity index (χ0v) is 15.1. The number of fused-ring (bicyclic) bond motifs is 3. The van der Waals surface area contributed by atoms with E-state index in [4.69, 9.17) is 0 Å². The summed E-state index contributed by atoms with van der Waals surface area (Å²) >= 11 is 0. The third kappa shape index (κ3) is 2.63. The molecule has 0 saturated carbocycles. The second-order valence-electron chi connectivity index (χ2n) is 7.62. The molecule has 0 bridgehead atoms. The van der Waals surface area contributed by atoms with Gasteiger partial charge in [0.15, 0.2) is 5.78 Å². The Morgan fingerprint density at radius 3 is 2.50 bits per heavy atom. The first-order valence-corrected chi connectivity index (χ1v) is 9.44. The van der Waals surface area contributed by atoms with Gasteiger partial charge in [-0.1, -0.05) is 38.0 Å². The Morgan fingerprint density at radius 1 is 1.04 bits per heavy atom. The lowest BCUT2D eigenvalue weighted by Gasteiger charge is -2.36. The first-order valence-electron chi connectivity index (χ1n) is 9.44. The van der Waals surface area contributed by atoms with Crippen LogP contribution in [0.3, 0.4) is 0 Å². The highest BCUT2D eigenvalue weighted by Crippen LogP contribution is 2.58. The Morgan fingerprint density at radius 2 is 1.77 bits per heavy atom. The molecule has 0 radical (unpaired) electrons. The predicted octanol–water partition coefficient (Wildman–Crippen LogP) is 5.10. The third-order valence-electron chi connectivity index (χ3n) is 5.94. The van der Waals surface area contributed by atoms with E-state index in [1.165, 1.54) is 0 Å². The minimum atomic E-state index is -0.0206. The molecule has 0 aromatic heterocycles. The van der Waals surface area contributed by atoms with Crippen molar-refractivity contribution in [2.24, 2.45) is 5.41 Å². The predicted molar refractivity (Wildman–Crippen MR) is 103 cm³/mol. The van der Waals surface area contributed by atoms with Crippen LogP contribution in [0, 0.1) is 5.41 Å². The Bertz CT molecular complexity index is 892. The van der Waals surface area contributed by atoms with Crippen molar-refractivity contribution in [3.05, 3.63) is 59.2 Å². The zero-order valence-electron chi connectivity index (χ0n) is 15.1. The number of hydrogen-bond donors (Lipinski definition) is 2. The fraction of sp³-hybridized carbons (Fsp3) is 0.348. The number of aromatic hydroxyl groups is 2. The summed E-state index contributed by atoms with van der Waals surface area (Å²) in [6.07, 6.45) is 5.63. The van der Waals surface area contributed by atoms with E-state index < -0.39 is 0 Å². The lowest BCUT2D eigenvalue weighted by atomic mass is 9.66. The van der Waals surface area contributed by atoms with Gasteiger partial charge in [-0.2, -0.15) is 0 Å². The van der Waals surface area contributed by atoms with Crippen LogP contribution in [0.4, 0.5) is 0 Å². The Hall–Kier alpha value is -2.55. The summed E-state index contributed by atoms with van der Waals surface area (Å²) in [5.74, 6) is 0.668. The largest absolute Gasteiger partial charge is 0.508 e. The molecule has 2 aliphatic carbocycles. The van der Waals surface area contributed by atoms with Gasteiger partial charge in [0, 0.05) is 17.4 Å². The van der Waals surface area contributed by atoms with Crippen molar-refractivity contribution in [2.45, 2.75) is 45.4 Å². The molecule has 3 nitrogen and oxygen atoms in total. The van der Waals surface area contributed by atoms with Gasteiger partial charge in [-0.15, -0.1) is 0 Å². The van der Waals surface area contributed by atoms with Crippen molar-refractivity contribution < 1.29 is 15.0 Å². The summed E-state index contributed by atoms with van der Waals surface area (Å²) < 4.78 is 0. The quantitative estimate of drug-likeness (QED) is 0.808. The molecule has 0 aliphatic heterocycles. The van der Waals surface area contributed by atoms with Crippen LogP contribution in [0.25, 0.3) is 11.1 Å². The van der Waals surface area contributed by atoms with Crippen molar-refractivity contribution >= 4 is 16.9 Å². The van der Waals surface area contributed by atoms with Gasteiger partial charge < -0.3 is 10.2 Å². The second kappa shape index (κ2) is 6.31. The number of carbonyl (C=O) groups is 1. The van der Waals surface area contributed by atoms with E-state index in [1.54, 1.807) is 18.2 Å². The molecule has 0 amide bonds. The van der Waals surface area contributed by atoms with Crippen LogP contribution in [0.1, 0.15) is 55.7 Å². The van der Waals surface area contributed by atoms with E-state index in [0.717, 1.165) is 59.9 Å². The molecule has 0 saturated heterocycles. The molecule has 26 heavy (non-hydrogen) atoms. The molecule has 2 aromatic carbocycles. The van der Waals surface area contributed by atoms with Crippen LogP contribution in [-0.4, -0.2) is 16.0 Å². The Kier molecular flexibility index (Phi) is 4.10. The number of hydrogen-bond acceptors (Lipinski definition) is 3. The fourth-order valence-electron chi connectivity index (χ4n) is 4.73. The van der Waals surface area contributed by atoms with Crippen LogP contribution in [0.15, 0.2) is 42.5 Å². The number of Topliss-reactive ketones (excluding diaryl/α,β-unsaturated/α-hetero) is 1. The average Bonchev–Trinajstić information content (AvgIpc) is 2.95. The van der Waals surface area contributed by atoms with E-state index in [9.17, 15) is 15.0 Å². The van der Waals surface area contributed by atoms with Crippen LogP contribution in [0.2, 0.25) is 0 Å². The van der Waals surface area contributed by atoms with Crippen molar-refractivity contribution in [2.75, 3.05) is 0 Å². The van der Waals surface area contributed by atoms with Crippen LogP contribution < -0.4 is 0 Å². The van der Waals surface area contributed by atoms with Crippen molar-refractivity contribution in [3.8, 4) is 11.5 Å². The summed E-state index contributed by atoms with van der Waals surface area (Å²) in [4.78, 5) is 12.9. The van der Waals surface area contributed by atoms with E-state index in [2.05, 4.69) is 6.92 Å². The minimum Gasteiger partial charge on any atom is -0.508 e. The molecule has 2 aliphatic rings. The maximum absolute atomic E-state index is 12.9. The Labute approximate surface area is 154 Å². The minimum absolute atomic E-state index is 0.0206. The summed E-state index contributed by atoms with van der Waals surface area (Å²) in [6.45, 7) is 2.20. The monoisotopic (exact) mass is 348 g/mol. The van der Waals surface area contributed by atoms with E-state index >= 15 is 0 Å². The summed E-state index contributed by atoms with van der Waals surface area (Å²) in [5, 5.41) is 19.6. The molecule has 2 N–H and O–H groups in total. The smallest absolute Gasteiger partial charge is 0.163 e. The van der Waals surface area contributed by atoms with E-state index in [1.807, 2.05) is 24.3 Å². The van der Waals surface area contributed by atoms with Gasteiger partial charge in [-0.05, 0) is 65.8 Å². The zero-order chi connectivity index (χ0) is 18.3. The van der Waals surface area contributed by atoms with Gasteiger partial charge in [0.05, 0.1) is 0 Å². The van der Waals surface area contributed by atoms with E-state index in [-0.39, 0.29) is 22.7 Å². The topological polar surface area (TPSA) is 57.5 Å². The molecule has 4 rings (SSSR count). The first-order chi connectivity index (χ1) is 12.5. The number of phenolic OH excluding ortho intramolecular Hbond substituents is 2. The number of rotatable bonds is 4. The lowest BCUT2D eigenvalue weighted by Crippen LogP contribution is -2.28. The van der Waals surface area contributed by atoms with Crippen LogP contribution >= 0.6 is 0 Å². The van der Waals surface area contributed by atoms with E-state index in [0.29, 0.717) is 6.42 Å². The second-order valence-corrected chi connectivity index (χ2v) is 7.62. The number of benzene rings is 2. The highest BCUT2D eigenvalue weighted by molar-refractivity contribution is 6.30. The van der Waals surface area contributed by atoms with Crippen LogP contribution in [-0.2, 0) is 11.2 Å². The van der Waals surface area contributed by atoms with Crippen molar-refractivity contribution in [1.82, 2.24) is 0 Å². The molecule has 3 heteroatoms. The molecule has 0 heterocycles. The Balaban J connectivity index is 1.97. The van der Waals surface area contributed by atoms with Gasteiger partial charge in [0.2, 0.25) is 0 Å². The van der Waals surface area contributed by atoms with Gasteiger partial charge in [0.1, 0.15) is 11.5 Å². The standard InChI is InChI=1S/C23H24O3/c1-2-3-11-23-12-10-20(26)21(15-4-6-17(24)7-5-15)22(23)19-9-8-18(25)13-16(19)14-23/h4-9,13,24-25H,2-3,10-12,14H2,1H3. The molecule has 2 aromatic rings. The molecule has 1 unspecified atom stereocenters. The normalized spacial score (nSPS) is 21.7. The van der Waals surface area contributed by atoms with Crippen molar-refractivity contribution in [1.29, 1.82) is 0 Å². The SMILES string of the molecule is CCCCC12CCC(=O)C(c3ccc(O)cc3)=C1c1ccc(O)cc1C2. The summed E-state index contributed by atoms with van der Waals surface area (Å²) in [6, 6.07) is 12.5. The molecule has 1 atom stereocenters. The van der Waals surface area contributed by atoms with Gasteiger partial charge in [0.25, 0.3) is 0 Å². The first kappa shape index (κ1) is 16.9. The molecular weight excluding hydrogens is 324 g/mol. The maximum Gasteiger partial charge on any atom is 0.163 e. The molecule has 0 spiro atoms. The fourth-order valence-corrected chi connectivity index (χ4v) is 4.73.